The summed E-state index contributed by atoms with van der Waals surface area (Å²) in [7, 11) is 3.04. The van der Waals surface area contributed by atoms with Crippen LogP contribution in [-0.4, -0.2) is 50.4 Å². The van der Waals surface area contributed by atoms with Crippen molar-refractivity contribution in [3.05, 3.63) is 0 Å². The van der Waals surface area contributed by atoms with Crippen LogP contribution in [0.3, 0.4) is 0 Å². The van der Waals surface area contributed by atoms with Crippen LogP contribution in [0.2, 0.25) is 0 Å². The fourth-order valence-electron chi connectivity index (χ4n) is 0.865. The Morgan fingerprint density at radius 2 is 1.20 bits per heavy atom. The van der Waals surface area contributed by atoms with Crippen molar-refractivity contribution in [2.24, 2.45) is 5.92 Å². The van der Waals surface area contributed by atoms with Crippen LogP contribution in [0, 0.1) is 5.92 Å². The molecule has 1 unspecified atom stereocenters. The number of aliphatic hydroxyl groups excluding tert-OH is 1. The van der Waals surface area contributed by atoms with Gasteiger partial charge in [-0.3, -0.25) is 9.59 Å². The number of carbonyl (C=O) groups is 3. The van der Waals surface area contributed by atoms with Crippen LogP contribution in [0.15, 0.2) is 0 Å². The summed E-state index contributed by atoms with van der Waals surface area (Å²) in [6.07, 6.45) is -1.94. The number of hydrogen-bond donors (Lipinski definition) is 1. The highest BCUT2D eigenvalue weighted by atomic mass is 16.6. The largest absolute Gasteiger partial charge is 0.468 e. The maximum Gasteiger partial charge on any atom is 0.336 e. The van der Waals surface area contributed by atoms with Gasteiger partial charge in [-0.1, -0.05) is 0 Å². The Labute approximate surface area is 85.9 Å². The van der Waals surface area contributed by atoms with Gasteiger partial charge in [-0.25, -0.2) is 4.79 Å². The van der Waals surface area contributed by atoms with Gasteiger partial charge in [0.2, 0.25) is 0 Å². The predicted octanol–water partition coefficient (Wildman–Crippen LogP) is -1.52. The van der Waals surface area contributed by atoms with Crippen molar-refractivity contribution in [2.45, 2.75) is 6.10 Å². The molecule has 0 heterocycles. The van der Waals surface area contributed by atoms with Crippen LogP contribution in [0.25, 0.3) is 0 Å². The van der Waals surface area contributed by atoms with Crippen molar-refractivity contribution in [1.82, 2.24) is 0 Å². The zero-order valence-corrected chi connectivity index (χ0v) is 8.55. The van der Waals surface area contributed by atoms with E-state index in [9.17, 15) is 19.5 Å². The van der Waals surface area contributed by atoms with Crippen LogP contribution < -0.4 is 0 Å². The van der Waals surface area contributed by atoms with E-state index in [0.29, 0.717) is 0 Å². The first-order valence-electron chi connectivity index (χ1n) is 3.91. The van der Waals surface area contributed by atoms with E-state index in [-0.39, 0.29) is 0 Å². The third kappa shape index (κ3) is 3.21. The summed E-state index contributed by atoms with van der Waals surface area (Å²) in [6, 6.07) is 0. The summed E-state index contributed by atoms with van der Waals surface area (Å²) >= 11 is 0. The molecule has 0 aliphatic rings. The van der Waals surface area contributed by atoms with Crippen molar-refractivity contribution in [3.8, 4) is 0 Å². The van der Waals surface area contributed by atoms with E-state index in [1.54, 1.807) is 0 Å². The Morgan fingerprint density at radius 1 is 0.867 bits per heavy atom. The maximum atomic E-state index is 11.1. The first-order chi connectivity index (χ1) is 6.99. The molecule has 86 valence electrons. The molecule has 0 rings (SSSR count). The van der Waals surface area contributed by atoms with E-state index in [1.807, 2.05) is 0 Å². The quantitative estimate of drug-likeness (QED) is 0.349. The van der Waals surface area contributed by atoms with Gasteiger partial charge in [0, 0.05) is 0 Å². The van der Waals surface area contributed by atoms with E-state index in [2.05, 4.69) is 14.2 Å². The molecule has 1 atom stereocenters. The van der Waals surface area contributed by atoms with E-state index in [1.165, 1.54) is 0 Å². The molecule has 0 aromatic heterocycles. The molecule has 0 aliphatic carbocycles. The van der Waals surface area contributed by atoms with Crippen molar-refractivity contribution in [1.29, 1.82) is 0 Å². The Bertz CT molecular complexity index is 244. The van der Waals surface area contributed by atoms with E-state index in [4.69, 9.17) is 0 Å². The lowest BCUT2D eigenvalue weighted by Gasteiger charge is -2.16. The number of ether oxygens (including phenoxy) is 3. The highest BCUT2D eigenvalue weighted by Crippen LogP contribution is 2.10. The van der Waals surface area contributed by atoms with Crippen molar-refractivity contribution >= 4 is 17.9 Å². The molecule has 7 nitrogen and oxygen atoms in total. The molecule has 0 bridgehead atoms. The molecular formula is C8H12O7. The smallest absolute Gasteiger partial charge is 0.336 e. The highest BCUT2D eigenvalue weighted by molar-refractivity contribution is 5.99. The SMILES string of the molecule is COC(=O)C(O)C(C(=O)OC)C(=O)OC. The molecule has 7 heteroatoms. The molecular weight excluding hydrogens is 208 g/mol. The summed E-state index contributed by atoms with van der Waals surface area (Å²) in [6.45, 7) is 0. The van der Waals surface area contributed by atoms with E-state index >= 15 is 0 Å². The number of aliphatic hydroxyl groups is 1. The fraction of sp³-hybridized carbons (Fsp3) is 0.625. The zero-order valence-electron chi connectivity index (χ0n) is 8.55. The molecule has 1 N–H and O–H groups in total. The molecule has 0 aliphatic heterocycles. The highest BCUT2D eigenvalue weighted by Gasteiger charge is 2.40. The summed E-state index contributed by atoms with van der Waals surface area (Å²) < 4.78 is 12.7. The summed E-state index contributed by atoms with van der Waals surface area (Å²) in [5, 5.41) is 9.30. The first-order valence-corrected chi connectivity index (χ1v) is 3.91. The van der Waals surface area contributed by atoms with Crippen molar-refractivity contribution < 1.29 is 33.7 Å². The standard InChI is InChI=1S/C8H12O7/c1-13-6(10)4(7(11)14-2)5(9)8(12)15-3/h4-5,9H,1-3H3. The topological polar surface area (TPSA) is 99.1 Å². The zero-order chi connectivity index (χ0) is 12.0. The lowest BCUT2D eigenvalue weighted by molar-refractivity contribution is -0.173. The number of rotatable bonds is 4. The monoisotopic (exact) mass is 220 g/mol. The van der Waals surface area contributed by atoms with Crippen LogP contribution in [0.5, 0.6) is 0 Å². The first kappa shape index (κ1) is 13.4. The molecule has 15 heavy (non-hydrogen) atoms. The minimum Gasteiger partial charge on any atom is -0.468 e. The van der Waals surface area contributed by atoms with Crippen molar-refractivity contribution in [2.75, 3.05) is 21.3 Å². The number of hydrogen-bond acceptors (Lipinski definition) is 7. The Morgan fingerprint density at radius 3 is 1.47 bits per heavy atom. The lowest BCUT2D eigenvalue weighted by atomic mass is 10.0. The fourth-order valence-corrected chi connectivity index (χ4v) is 0.865. The summed E-state index contributed by atoms with van der Waals surface area (Å²) in [5.74, 6) is -4.98. The average molecular weight is 220 g/mol. The van der Waals surface area contributed by atoms with Gasteiger partial charge in [-0.05, 0) is 0 Å². The van der Waals surface area contributed by atoms with Gasteiger partial charge < -0.3 is 19.3 Å². The molecule has 0 amide bonds. The van der Waals surface area contributed by atoms with Crippen LogP contribution in [0.4, 0.5) is 0 Å². The molecule has 0 radical (unpaired) electrons. The second kappa shape index (κ2) is 5.97. The molecule has 0 saturated heterocycles. The summed E-state index contributed by atoms with van der Waals surface area (Å²) in [5.41, 5.74) is 0. The Balaban J connectivity index is 4.85. The number of methoxy groups -OCH3 is 3. The van der Waals surface area contributed by atoms with Gasteiger partial charge in [0.15, 0.2) is 12.0 Å². The van der Waals surface area contributed by atoms with Gasteiger partial charge in [0.25, 0.3) is 0 Å². The average Bonchev–Trinajstić information content (AvgIpc) is 2.27. The third-order valence-electron chi connectivity index (χ3n) is 1.67. The molecule has 0 aromatic rings. The van der Waals surface area contributed by atoms with Crippen LogP contribution >= 0.6 is 0 Å². The van der Waals surface area contributed by atoms with E-state index in [0.717, 1.165) is 21.3 Å². The lowest BCUT2D eigenvalue weighted by Crippen LogP contribution is -2.42. The van der Waals surface area contributed by atoms with Crippen LogP contribution in [-0.2, 0) is 28.6 Å². The summed E-state index contributed by atoms with van der Waals surface area (Å²) in [4.78, 5) is 33.1. The van der Waals surface area contributed by atoms with Gasteiger partial charge in [-0.15, -0.1) is 0 Å². The second-order valence-electron chi connectivity index (χ2n) is 2.49. The maximum absolute atomic E-state index is 11.1. The molecule has 0 spiro atoms. The van der Waals surface area contributed by atoms with Gasteiger partial charge >= 0.3 is 17.9 Å². The minimum absolute atomic E-state index is 1.01. The minimum atomic E-state index is -1.94. The molecule has 0 aromatic carbocycles. The Kier molecular flexibility index (Phi) is 5.32. The van der Waals surface area contributed by atoms with E-state index < -0.39 is 29.9 Å². The molecule has 0 fully saturated rings. The van der Waals surface area contributed by atoms with Crippen LogP contribution in [0.1, 0.15) is 0 Å². The van der Waals surface area contributed by atoms with Gasteiger partial charge in [0.1, 0.15) is 0 Å². The molecule has 0 saturated carbocycles. The van der Waals surface area contributed by atoms with Gasteiger partial charge in [-0.2, -0.15) is 0 Å². The van der Waals surface area contributed by atoms with Crippen molar-refractivity contribution in [3.63, 3.8) is 0 Å². The predicted molar refractivity (Wildman–Crippen MR) is 45.5 cm³/mol. The number of esters is 3. The second-order valence-corrected chi connectivity index (χ2v) is 2.49. The Hall–Kier alpha value is -1.63. The number of carbonyl (C=O) groups excluding carboxylic acids is 3. The normalized spacial score (nSPS) is 11.8. The van der Waals surface area contributed by atoms with Gasteiger partial charge in [0.05, 0.1) is 21.3 Å². The third-order valence-corrected chi connectivity index (χ3v) is 1.67.